The van der Waals surface area contributed by atoms with Gasteiger partial charge in [0.1, 0.15) is 18.3 Å². The fraction of sp³-hybridized carbons (Fsp3) is 0.355. The summed E-state index contributed by atoms with van der Waals surface area (Å²) in [6.45, 7) is 8.42. The van der Waals surface area contributed by atoms with Crippen molar-refractivity contribution in [2.24, 2.45) is 0 Å². The molecule has 3 rings (SSSR count). The summed E-state index contributed by atoms with van der Waals surface area (Å²) in [4.78, 5) is 29.1. The second-order valence-corrected chi connectivity index (χ2v) is 13.6. The average Bonchev–Trinajstić information content (AvgIpc) is 2.92. The van der Waals surface area contributed by atoms with Crippen molar-refractivity contribution in [3.05, 3.63) is 87.9 Å². The fourth-order valence-electron chi connectivity index (χ4n) is 4.41. The van der Waals surface area contributed by atoms with Crippen LogP contribution in [0.25, 0.3) is 0 Å². The summed E-state index contributed by atoms with van der Waals surface area (Å²) in [6, 6.07) is 16.9. The van der Waals surface area contributed by atoms with E-state index < -0.39 is 34.1 Å². The van der Waals surface area contributed by atoms with Crippen molar-refractivity contribution < 1.29 is 22.7 Å². The van der Waals surface area contributed by atoms with Gasteiger partial charge in [0.05, 0.1) is 17.7 Å². The number of ether oxygens (including phenoxy) is 1. The summed E-state index contributed by atoms with van der Waals surface area (Å²) in [6.07, 6.45) is 0.259. The van der Waals surface area contributed by atoms with Crippen molar-refractivity contribution >= 4 is 50.7 Å². The van der Waals surface area contributed by atoms with E-state index in [0.717, 1.165) is 9.87 Å². The Balaban J connectivity index is 2.15. The van der Waals surface area contributed by atoms with Crippen LogP contribution >= 0.6 is 23.2 Å². The second kappa shape index (κ2) is 13.8. The molecule has 0 saturated heterocycles. The minimum atomic E-state index is -4.25. The van der Waals surface area contributed by atoms with Gasteiger partial charge in [-0.25, -0.2) is 8.42 Å². The van der Waals surface area contributed by atoms with Gasteiger partial charge in [0, 0.05) is 27.7 Å². The standard InChI is InChI=1S/C31H37Cl2N3O5S/c1-7-26(30(38)34-31(3,4)5)35(19-23-24(32)11-10-12-25(23)33)29(37)20-36(27-13-8-9-14-28(27)41-6)42(39,40)22-17-15-21(2)16-18-22/h8-18,26H,7,19-20H2,1-6H3,(H,34,38)/t26-/m0/s1. The van der Waals surface area contributed by atoms with E-state index in [4.69, 9.17) is 27.9 Å². The molecule has 0 unspecified atom stereocenters. The van der Waals surface area contributed by atoms with Gasteiger partial charge in [0.15, 0.2) is 0 Å². The van der Waals surface area contributed by atoms with Gasteiger partial charge in [-0.3, -0.25) is 13.9 Å². The Morgan fingerprint density at radius 1 is 0.952 bits per heavy atom. The van der Waals surface area contributed by atoms with Crippen LogP contribution in [-0.4, -0.2) is 50.4 Å². The molecule has 2 amide bonds. The molecule has 226 valence electrons. The number of rotatable bonds is 11. The monoisotopic (exact) mass is 633 g/mol. The van der Waals surface area contributed by atoms with E-state index in [0.29, 0.717) is 15.6 Å². The predicted molar refractivity (Wildman–Crippen MR) is 168 cm³/mol. The molecule has 42 heavy (non-hydrogen) atoms. The molecule has 0 saturated carbocycles. The molecular weight excluding hydrogens is 597 g/mol. The lowest BCUT2D eigenvalue weighted by molar-refractivity contribution is -0.141. The van der Waals surface area contributed by atoms with Gasteiger partial charge in [-0.1, -0.05) is 66.0 Å². The van der Waals surface area contributed by atoms with Crippen molar-refractivity contribution in [3.63, 3.8) is 0 Å². The number of nitrogens with zero attached hydrogens (tertiary/aromatic N) is 2. The van der Waals surface area contributed by atoms with Gasteiger partial charge < -0.3 is 15.0 Å². The summed E-state index contributed by atoms with van der Waals surface area (Å²) in [5.74, 6) is -0.741. The zero-order valence-electron chi connectivity index (χ0n) is 24.6. The topological polar surface area (TPSA) is 96.0 Å². The van der Waals surface area contributed by atoms with Crippen molar-refractivity contribution in [2.45, 2.75) is 64.1 Å². The van der Waals surface area contributed by atoms with Crippen LogP contribution in [0.3, 0.4) is 0 Å². The zero-order valence-corrected chi connectivity index (χ0v) is 27.0. The van der Waals surface area contributed by atoms with Gasteiger partial charge >= 0.3 is 0 Å². The lowest BCUT2D eigenvalue weighted by Gasteiger charge is -2.35. The largest absolute Gasteiger partial charge is 0.495 e. The number of aryl methyl sites for hydroxylation is 1. The van der Waals surface area contributed by atoms with Crippen LogP contribution in [0.1, 0.15) is 45.2 Å². The smallest absolute Gasteiger partial charge is 0.264 e. The number of anilines is 1. The summed E-state index contributed by atoms with van der Waals surface area (Å²) in [7, 11) is -2.83. The van der Waals surface area contributed by atoms with Crippen molar-refractivity contribution in [1.82, 2.24) is 10.2 Å². The summed E-state index contributed by atoms with van der Waals surface area (Å²) < 4.78 is 34.6. The Bertz CT molecular complexity index is 1500. The highest BCUT2D eigenvalue weighted by Crippen LogP contribution is 2.33. The Morgan fingerprint density at radius 2 is 1.55 bits per heavy atom. The predicted octanol–water partition coefficient (Wildman–Crippen LogP) is 6.23. The number of nitrogens with one attached hydrogen (secondary N) is 1. The quantitative estimate of drug-likeness (QED) is 0.270. The molecule has 11 heteroatoms. The third-order valence-corrected chi connectivity index (χ3v) is 9.00. The average molecular weight is 635 g/mol. The number of amides is 2. The van der Waals surface area contributed by atoms with Crippen molar-refractivity contribution in [3.8, 4) is 5.75 Å². The van der Waals surface area contributed by atoms with E-state index >= 15 is 0 Å². The molecule has 1 atom stereocenters. The molecule has 0 bridgehead atoms. The molecule has 0 heterocycles. The van der Waals surface area contributed by atoms with Crippen LogP contribution in [0, 0.1) is 6.92 Å². The number of carbonyl (C=O) groups excluding carboxylic acids is 2. The van der Waals surface area contributed by atoms with Crippen LogP contribution in [0.15, 0.2) is 71.6 Å². The Hall–Kier alpha value is -3.27. The van der Waals surface area contributed by atoms with Crippen molar-refractivity contribution in [1.29, 1.82) is 0 Å². The summed E-state index contributed by atoms with van der Waals surface area (Å²) >= 11 is 12.9. The number of hydrogen-bond acceptors (Lipinski definition) is 5. The molecule has 0 aliphatic carbocycles. The number of sulfonamides is 1. The van der Waals surface area contributed by atoms with Gasteiger partial charge in [-0.2, -0.15) is 0 Å². The first-order valence-corrected chi connectivity index (χ1v) is 15.7. The van der Waals surface area contributed by atoms with Crippen molar-refractivity contribution in [2.75, 3.05) is 18.0 Å². The van der Waals surface area contributed by atoms with E-state index in [1.807, 2.05) is 27.7 Å². The highest BCUT2D eigenvalue weighted by atomic mass is 35.5. The van der Waals surface area contributed by atoms with Crippen LogP contribution < -0.4 is 14.4 Å². The maximum Gasteiger partial charge on any atom is 0.264 e. The lowest BCUT2D eigenvalue weighted by Crippen LogP contribution is -2.55. The molecule has 1 N–H and O–H groups in total. The molecule has 3 aromatic rings. The summed E-state index contributed by atoms with van der Waals surface area (Å²) in [5, 5.41) is 3.57. The first kappa shape index (κ1) is 33.2. The maximum absolute atomic E-state index is 14.3. The van der Waals surface area contributed by atoms with E-state index in [1.165, 1.54) is 24.1 Å². The first-order chi connectivity index (χ1) is 19.7. The highest BCUT2D eigenvalue weighted by Gasteiger charge is 2.36. The third-order valence-electron chi connectivity index (χ3n) is 6.52. The molecule has 0 radical (unpaired) electrons. The number of benzene rings is 3. The number of methoxy groups -OCH3 is 1. The first-order valence-electron chi connectivity index (χ1n) is 13.5. The maximum atomic E-state index is 14.3. The van der Waals surface area contributed by atoms with E-state index in [9.17, 15) is 18.0 Å². The SMILES string of the molecule is CC[C@@H](C(=O)NC(C)(C)C)N(Cc1c(Cl)cccc1Cl)C(=O)CN(c1ccccc1OC)S(=O)(=O)c1ccc(C)cc1. The number of hydrogen-bond donors (Lipinski definition) is 1. The molecule has 0 spiro atoms. The second-order valence-electron chi connectivity index (χ2n) is 10.9. The minimum absolute atomic E-state index is 0.00465. The minimum Gasteiger partial charge on any atom is -0.495 e. The number of para-hydroxylation sites is 2. The van der Waals surface area contributed by atoms with Crippen LogP contribution in [0.5, 0.6) is 5.75 Å². The van der Waals surface area contributed by atoms with Crippen LogP contribution in [0.2, 0.25) is 10.0 Å². The van der Waals surface area contributed by atoms with Gasteiger partial charge in [-0.05, 0) is 70.5 Å². The van der Waals surface area contributed by atoms with Gasteiger partial charge in [0.25, 0.3) is 10.0 Å². The highest BCUT2D eigenvalue weighted by molar-refractivity contribution is 7.92. The zero-order chi connectivity index (χ0) is 31.2. The number of halogens is 2. The van der Waals surface area contributed by atoms with E-state index in [-0.39, 0.29) is 35.2 Å². The Morgan fingerprint density at radius 3 is 2.10 bits per heavy atom. The normalized spacial score (nSPS) is 12.4. The molecule has 0 aliphatic rings. The molecule has 0 aliphatic heterocycles. The number of carbonyl (C=O) groups is 2. The molecule has 8 nitrogen and oxygen atoms in total. The molecular formula is C31H37Cl2N3O5S. The van der Waals surface area contributed by atoms with Crippen LogP contribution in [-0.2, 0) is 26.2 Å². The van der Waals surface area contributed by atoms with Gasteiger partial charge in [-0.15, -0.1) is 0 Å². The van der Waals surface area contributed by atoms with Gasteiger partial charge in [0.2, 0.25) is 11.8 Å². The summed E-state index contributed by atoms with van der Waals surface area (Å²) in [5.41, 5.74) is 0.935. The van der Waals surface area contributed by atoms with E-state index in [1.54, 1.807) is 61.5 Å². The third kappa shape index (κ3) is 7.96. The lowest BCUT2D eigenvalue weighted by atomic mass is 10.1. The van der Waals surface area contributed by atoms with E-state index in [2.05, 4.69) is 5.32 Å². The van der Waals surface area contributed by atoms with Crippen LogP contribution in [0.4, 0.5) is 5.69 Å². The fourth-order valence-corrected chi connectivity index (χ4v) is 6.35. The Labute approximate surface area is 258 Å². The molecule has 3 aromatic carbocycles. The molecule has 0 aromatic heterocycles. The molecule has 0 fully saturated rings. The Kier molecular flexibility index (Phi) is 10.9.